The standard InChI is InChI=1S/C8H17N.C3H8.C2H6/c1-7-4-5-9(3)8(2)6-7;1-3-2;1-2/h7-8H,4-6H2,1-3H3;3H2,1-2H3;1-2H3. The Morgan fingerprint density at radius 1 is 1.14 bits per heavy atom. The van der Waals surface area contributed by atoms with Crippen LogP contribution in [0.1, 0.15) is 60.8 Å². The lowest BCUT2D eigenvalue weighted by Gasteiger charge is -2.33. The van der Waals surface area contributed by atoms with Crippen LogP contribution in [0.15, 0.2) is 0 Å². The maximum absolute atomic E-state index is 2.44. The molecular weight excluding hydrogens is 170 g/mol. The highest BCUT2D eigenvalue weighted by atomic mass is 15.1. The smallest absolute Gasteiger partial charge is 0.00664 e. The van der Waals surface area contributed by atoms with Crippen LogP contribution >= 0.6 is 0 Å². The van der Waals surface area contributed by atoms with Gasteiger partial charge in [-0.3, -0.25) is 0 Å². The first-order valence-corrected chi connectivity index (χ1v) is 6.32. The molecule has 0 aromatic heterocycles. The molecule has 1 saturated heterocycles. The Morgan fingerprint density at radius 3 is 1.86 bits per heavy atom. The SMILES string of the molecule is CC.CC1CCN(C)C(C)C1.CCC. The zero-order chi connectivity index (χ0) is 11.6. The first kappa shape index (κ1) is 16.4. The van der Waals surface area contributed by atoms with Crippen molar-refractivity contribution in [2.75, 3.05) is 13.6 Å². The fourth-order valence-electron chi connectivity index (χ4n) is 1.52. The Hall–Kier alpha value is -0.0400. The van der Waals surface area contributed by atoms with Gasteiger partial charge < -0.3 is 4.90 Å². The van der Waals surface area contributed by atoms with Crippen LogP contribution in [0.25, 0.3) is 0 Å². The monoisotopic (exact) mass is 201 g/mol. The van der Waals surface area contributed by atoms with Crippen LogP contribution in [0.5, 0.6) is 0 Å². The van der Waals surface area contributed by atoms with Crippen molar-refractivity contribution in [3.63, 3.8) is 0 Å². The van der Waals surface area contributed by atoms with Crippen molar-refractivity contribution < 1.29 is 0 Å². The van der Waals surface area contributed by atoms with Crippen molar-refractivity contribution in [3.8, 4) is 0 Å². The topological polar surface area (TPSA) is 3.24 Å². The van der Waals surface area contributed by atoms with Crippen LogP contribution in [0, 0.1) is 5.92 Å². The Kier molecular flexibility index (Phi) is 12.9. The van der Waals surface area contributed by atoms with E-state index < -0.39 is 0 Å². The Bertz CT molecular complexity index is 101. The van der Waals surface area contributed by atoms with Crippen LogP contribution in [0.3, 0.4) is 0 Å². The molecule has 0 aromatic rings. The molecule has 0 radical (unpaired) electrons. The van der Waals surface area contributed by atoms with Gasteiger partial charge in [-0.25, -0.2) is 0 Å². The normalized spacial score (nSPS) is 26.8. The lowest BCUT2D eigenvalue weighted by Crippen LogP contribution is -2.36. The van der Waals surface area contributed by atoms with Crippen molar-refractivity contribution >= 4 is 0 Å². The van der Waals surface area contributed by atoms with Gasteiger partial charge in [0.2, 0.25) is 0 Å². The minimum absolute atomic E-state index is 0.814. The predicted molar refractivity (Wildman–Crippen MR) is 67.8 cm³/mol. The maximum atomic E-state index is 2.44. The van der Waals surface area contributed by atoms with Crippen LogP contribution < -0.4 is 0 Å². The second-order valence-electron chi connectivity index (χ2n) is 4.17. The third kappa shape index (κ3) is 8.55. The summed E-state index contributed by atoms with van der Waals surface area (Å²) >= 11 is 0. The first-order valence-electron chi connectivity index (χ1n) is 6.32. The largest absolute Gasteiger partial charge is 0.304 e. The Balaban J connectivity index is 0. The predicted octanol–water partition coefficient (Wildman–Crippen LogP) is 4.18. The summed E-state index contributed by atoms with van der Waals surface area (Å²) in [5.74, 6) is 0.955. The van der Waals surface area contributed by atoms with Gasteiger partial charge in [-0.1, -0.05) is 41.0 Å². The summed E-state index contributed by atoms with van der Waals surface area (Å²) in [5.41, 5.74) is 0. The third-order valence-corrected chi connectivity index (χ3v) is 2.47. The summed E-state index contributed by atoms with van der Waals surface area (Å²) in [7, 11) is 2.22. The molecule has 0 saturated carbocycles. The van der Waals surface area contributed by atoms with E-state index in [4.69, 9.17) is 0 Å². The van der Waals surface area contributed by atoms with Gasteiger partial charge in [0.05, 0.1) is 0 Å². The lowest BCUT2D eigenvalue weighted by atomic mass is 9.94. The van der Waals surface area contributed by atoms with E-state index in [0.29, 0.717) is 0 Å². The highest BCUT2D eigenvalue weighted by molar-refractivity contribution is 4.73. The molecule has 1 heterocycles. The Morgan fingerprint density at radius 2 is 1.57 bits per heavy atom. The zero-order valence-corrected chi connectivity index (χ0v) is 11.4. The van der Waals surface area contributed by atoms with Crippen LogP contribution in [-0.2, 0) is 0 Å². The number of hydrogen-bond acceptors (Lipinski definition) is 1. The van der Waals surface area contributed by atoms with E-state index in [0.717, 1.165) is 12.0 Å². The summed E-state index contributed by atoms with van der Waals surface area (Å²) < 4.78 is 0. The van der Waals surface area contributed by atoms with E-state index in [9.17, 15) is 0 Å². The summed E-state index contributed by atoms with van der Waals surface area (Å²) in [5, 5.41) is 0. The summed E-state index contributed by atoms with van der Waals surface area (Å²) in [4.78, 5) is 2.44. The molecule has 0 aliphatic carbocycles. The van der Waals surface area contributed by atoms with E-state index in [-0.39, 0.29) is 0 Å². The molecule has 0 spiro atoms. The molecule has 0 N–H and O–H groups in total. The molecule has 14 heavy (non-hydrogen) atoms. The van der Waals surface area contributed by atoms with Crippen molar-refractivity contribution in [1.29, 1.82) is 0 Å². The van der Waals surface area contributed by atoms with Crippen molar-refractivity contribution in [2.45, 2.75) is 66.8 Å². The average molecular weight is 201 g/mol. The molecule has 0 bridgehead atoms. The molecule has 2 atom stereocenters. The second-order valence-corrected chi connectivity index (χ2v) is 4.17. The Labute approximate surface area is 91.9 Å². The third-order valence-electron chi connectivity index (χ3n) is 2.47. The first-order chi connectivity index (χ1) is 6.61. The van der Waals surface area contributed by atoms with Crippen LogP contribution in [-0.4, -0.2) is 24.5 Å². The summed E-state index contributed by atoms with van der Waals surface area (Å²) in [6.07, 6.45) is 4.03. The van der Waals surface area contributed by atoms with Crippen molar-refractivity contribution in [2.24, 2.45) is 5.92 Å². The number of likely N-dealkylation sites (tertiary alicyclic amines) is 1. The highest BCUT2D eigenvalue weighted by Gasteiger charge is 2.18. The van der Waals surface area contributed by atoms with E-state index in [1.165, 1.54) is 25.8 Å². The minimum atomic E-state index is 0.814. The second kappa shape index (κ2) is 11.0. The van der Waals surface area contributed by atoms with Gasteiger partial charge in [0.1, 0.15) is 0 Å². The van der Waals surface area contributed by atoms with E-state index >= 15 is 0 Å². The highest BCUT2D eigenvalue weighted by Crippen LogP contribution is 2.19. The van der Waals surface area contributed by atoms with E-state index in [1.807, 2.05) is 13.8 Å². The van der Waals surface area contributed by atoms with Gasteiger partial charge in [-0.2, -0.15) is 0 Å². The molecule has 1 aliphatic rings. The van der Waals surface area contributed by atoms with Gasteiger partial charge in [-0.15, -0.1) is 0 Å². The molecular formula is C13H31N. The average Bonchev–Trinajstić information content (AvgIpc) is 2.17. The molecule has 1 aliphatic heterocycles. The van der Waals surface area contributed by atoms with E-state index in [2.05, 4.69) is 39.6 Å². The number of piperidine rings is 1. The molecule has 1 fully saturated rings. The molecule has 0 aromatic carbocycles. The van der Waals surface area contributed by atoms with Crippen LogP contribution in [0.2, 0.25) is 0 Å². The molecule has 1 heteroatoms. The molecule has 1 rings (SSSR count). The number of hydrogen-bond donors (Lipinski definition) is 0. The molecule has 1 nitrogen and oxygen atoms in total. The van der Waals surface area contributed by atoms with Crippen molar-refractivity contribution in [3.05, 3.63) is 0 Å². The maximum Gasteiger partial charge on any atom is 0.00664 e. The molecule has 2 unspecified atom stereocenters. The molecule has 0 amide bonds. The molecule has 88 valence electrons. The van der Waals surface area contributed by atoms with Gasteiger partial charge in [-0.05, 0) is 39.3 Å². The minimum Gasteiger partial charge on any atom is -0.304 e. The number of rotatable bonds is 0. The van der Waals surface area contributed by atoms with Gasteiger partial charge >= 0.3 is 0 Å². The van der Waals surface area contributed by atoms with Crippen LogP contribution in [0.4, 0.5) is 0 Å². The lowest BCUT2D eigenvalue weighted by molar-refractivity contribution is 0.162. The van der Waals surface area contributed by atoms with Crippen molar-refractivity contribution in [1.82, 2.24) is 4.90 Å². The summed E-state index contributed by atoms with van der Waals surface area (Å²) in [6, 6.07) is 0.814. The van der Waals surface area contributed by atoms with E-state index in [1.54, 1.807) is 0 Å². The quantitative estimate of drug-likeness (QED) is 0.568. The van der Waals surface area contributed by atoms with Gasteiger partial charge in [0.25, 0.3) is 0 Å². The summed E-state index contributed by atoms with van der Waals surface area (Å²) in [6.45, 7) is 14.2. The zero-order valence-electron chi connectivity index (χ0n) is 11.4. The fourth-order valence-corrected chi connectivity index (χ4v) is 1.52. The van der Waals surface area contributed by atoms with Gasteiger partial charge in [0.15, 0.2) is 0 Å². The number of nitrogens with zero attached hydrogens (tertiary/aromatic N) is 1. The fraction of sp³-hybridized carbons (Fsp3) is 1.00. The van der Waals surface area contributed by atoms with Gasteiger partial charge in [0, 0.05) is 6.04 Å².